The Hall–Kier alpha value is -1.98. The molecule has 1 amide bonds. The van der Waals surface area contributed by atoms with Crippen molar-refractivity contribution in [2.75, 3.05) is 19.8 Å². The zero-order valence-corrected chi connectivity index (χ0v) is 14.0. The number of hydrogen-bond donors (Lipinski definition) is 1. The Bertz CT molecular complexity index is 794. The first-order valence-corrected chi connectivity index (χ1v) is 8.91. The first-order valence-electron chi connectivity index (χ1n) is 8.91. The smallest absolute Gasteiger partial charge is 0.254 e. The Morgan fingerprint density at radius 3 is 2.76 bits per heavy atom. The number of ether oxygens (including phenoxy) is 1. The minimum Gasteiger partial charge on any atom is -0.393 e. The molecule has 4 nitrogen and oxygen atoms in total. The molecule has 0 aliphatic carbocycles. The number of carbonyl (C=O) groups excluding carboxylic acids is 1. The molecule has 4 rings (SSSR count). The van der Waals surface area contributed by atoms with Crippen molar-refractivity contribution < 1.29 is 19.0 Å². The average Bonchev–Trinajstić information content (AvgIpc) is 3.12. The van der Waals surface area contributed by atoms with Crippen molar-refractivity contribution in [2.24, 2.45) is 5.92 Å². The van der Waals surface area contributed by atoms with E-state index in [4.69, 9.17) is 4.74 Å². The van der Waals surface area contributed by atoms with E-state index in [-0.39, 0.29) is 23.7 Å². The molecule has 0 aromatic heterocycles. The summed E-state index contributed by atoms with van der Waals surface area (Å²) in [4.78, 5) is 15.1. The van der Waals surface area contributed by atoms with Crippen molar-refractivity contribution in [1.82, 2.24) is 4.90 Å². The summed E-state index contributed by atoms with van der Waals surface area (Å²) in [6.07, 6.45) is 1.97. The molecule has 2 saturated heterocycles. The highest BCUT2D eigenvalue weighted by Gasteiger charge is 2.40. The summed E-state index contributed by atoms with van der Waals surface area (Å²) in [5.74, 6) is -0.454. The van der Waals surface area contributed by atoms with Gasteiger partial charge in [-0.2, -0.15) is 0 Å². The average molecular weight is 343 g/mol. The maximum absolute atomic E-state index is 14.1. The molecule has 2 aliphatic rings. The molecular weight excluding hydrogens is 321 g/mol. The molecule has 3 atom stereocenters. The van der Waals surface area contributed by atoms with Gasteiger partial charge in [0.05, 0.1) is 12.7 Å². The van der Waals surface area contributed by atoms with E-state index in [9.17, 15) is 14.3 Å². The summed E-state index contributed by atoms with van der Waals surface area (Å²) in [7, 11) is 0. The fourth-order valence-corrected chi connectivity index (χ4v) is 4.21. The SMILES string of the molecule is O=C(c1ccc(F)c2ccccc12)N1CCCC1C1COCCC1O. The molecule has 5 heteroatoms. The number of halogens is 1. The molecule has 25 heavy (non-hydrogen) atoms. The fraction of sp³-hybridized carbons (Fsp3) is 0.450. The normalized spacial score (nSPS) is 27.0. The third-order valence-corrected chi connectivity index (χ3v) is 5.52. The van der Waals surface area contributed by atoms with Crippen LogP contribution < -0.4 is 0 Å². The minimum atomic E-state index is -0.433. The van der Waals surface area contributed by atoms with Crippen LogP contribution in [-0.2, 0) is 4.74 Å². The topological polar surface area (TPSA) is 49.8 Å². The van der Waals surface area contributed by atoms with Crippen LogP contribution in [0.25, 0.3) is 10.8 Å². The Balaban J connectivity index is 1.67. The predicted molar refractivity (Wildman–Crippen MR) is 92.9 cm³/mol. The van der Waals surface area contributed by atoms with Gasteiger partial charge in [-0.3, -0.25) is 4.79 Å². The maximum Gasteiger partial charge on any atom is 0.254 e. The molecule has 0 bridgehead atoms. The van der Waals surface area contributed by atoms with E-state index in [0.717, 1.165) is 12.8 Å². The van der Waals surface area contributed by atoms with Crippen LogP contribution in [0.4, 0.5) is 4.39 Å². The van der Waals surface area contributed by atoms with E-state index in [2.05, 4.69) is 0 Å². The molecule has 2 aliphatic heterocycles. The lowest BCUT2D eigenvalue weighted by Gasteiger charge is -2.37. The molecule has 132 valence electrons. The first-order chi connectivity index (χ1) is 12.2. The lowest BCUT2D eigenvalue weighted by Crippen LogP contribution is -2.48. The number of aliphatic hydroxyl groups excluding tert-OH is 1. The molecule has 1 N–H and O–H groups in total. The van der Waals surface area contributed by atoms with E-state index in [1.165, 1.54) is 6.07 Å². The Labute approximate surface area is 146 Å². The zero-order valence-electron chi connectivity index (χ0n) is 14.0. The highest BCUT2D eigenvalue weighted by atomic mass is 19.1. The molecule has 0 spiro atoms. The van der Waals surface area contributed by atoms with Gasteiger partial charge in [0.25, 0.3) is 5.91 Å². The third kappa shape index (κ3) is 2.92. The predicted octanol–water partition coefficient (Wildman–Crippen LogP) is 2.98. The van der Waals surface area contributed by atoms with Crippen molar-refractivity contribution in [1.29, 1.82) is 0 Å². The van der Waals surface area contributed by atoms with Crippen LogP contribution in [0.3, 0.4) is 0 Å². The summed E-state index contributed by atoms with van der Waals surface area (Å²) < 4.78 is 19.6. The van der Waals surface area contributed by atoms with E-state index in [0.29, 0.717) is 42.5 Å². The van der Waals surface area contributed by atoms with Crippen LogP contribution in [0.2, 0.25) is 0 Å². The van der Waals surface area contributed by atoms with Crippen LogP contribution >= 0.6 is 0 Å². The monoisotopic (exact) mass is 343 g/mol. The van der Waals surface area contributed by atoms with Crippen molar-refractivity contribution in [3.05, 3.63) is 47.8 Å². The molecule has 0 radical (unpaired) electrons. The highest BCUT2D eigenvalue weighted by Crippen LogP contribution is 2.32. The van der Waals surface area contributed by atoms with Crippen LogP contribution in [0.5, 0.6) is 0 Å². The molecule has 2 aromatic rings. The van der Waals surface area contributed by atoms with Gasteiger partial charge in [0, 0.05) is 36.1 Å². The number of fused-ring (bicyclic) bond motifs is 1. The van der Waals surface area contributed by atoms with Crippen molar-refractivity contribution >= 4 is 16.7 Å². The summed E-state index contributed by atoms with van der Waals surface area (Å²) >= 11 is 0. The number of benzene rings is 2. The molecule has 2 fully saturated rings. The van der Waals surface area contributed by atoms with Crippen molar-refractivity contribution in [3.63, 3.8) is 0 Å². The number of rotatable bonds is 2. The molecule has 2 aromatic carbocycles. The summed E-state index contributed by atoms with van der Waals surface area (Å²) in [5.41, 5.74) is 0.523. The van der Waals surface area contributed by atoms with Crippen molar-refractivity contribution in [2.45, 2.75) is 31.4 Å². The van der Waals surface area contributed by atoms with Crippen LogP contribution in [0, 0.1) is 11.7 Å². The van der Waals surface area contributed by atoms with Gasteiger partial charge in [-0.25, -0.2) is 4.39 Å². The Kier molecular flexibility index (Phi) is 4.44. The van der Waals surface area contributed by atoms with E-state index < -0.39 is 6.10 Å². The highest BCUT2D eigenvalue weighted by molar-refractivity contribution is 6.07. The molecule has 3 unspecified atom stereocenters. The minimum absolute atomic E-state index is 0.0217. The van der Waals surface area contributed by atoms with Gasteiger partial charge >= 0.3 is 0 Å². The number of nitrogens with zero attached hydrogens (tertiary/aromatic N) is 1. The standard InChI is InChI=1S/C20H22FNO3/c21-17-8-7-15(13-4-1-2-5-14(13)17)20(24)22-10-3-6-18(22)16-12-25-11-9-19(16)23/h1-2,4-5,7-8,16,18-19,23H,3,6,9-12H2. The van der Waals surface area contributed by atoms with Crippen LogP contribution in [0.15, 0.2) is 36.4 Å². The summed E-state index contributed by atoms with van der Waals surface area (Å²) in [6, 6.07) is 9.98. The van der Waals surface area contributed by atoms with Crippen LogP contribution in [-0.4, -0.2) is 47.8 Å². The second kappa shape index (κ2) is 6.73. The van der Waals surface area contributed by atoms with E-state index in [1.54, 1.807) is 24.3 Å². The van der Waals surface area contributed by atoms with Gasteiger partial charge in [-0.1, -0.05) is 24.3 Å². The zero-order chi connectivity index (χ0) is 17.4. The first kappa shape index (κ1) is 16.5. The van der Waals surface area contributed by atoms with Gasteiger partial charge in [0.15, 0.2) is 0 Å². The number of likely N-dealkylation sites (tertiary alicyclic amines) is 1. The fourth-order valence-electron chi connectivity index (χ4n) is 4.21. The number of carbonyl (C=O) groups is 1. The second-order valence-corrected chi connectivity index (χ2v) is 6.94. The lowest BCUT2D eigenvalue weighted by atomic mass is 9.89. The largest absolute Gasteiger partial charge is 0.393 e. The number of aliphatic hydroxyl groups is 1. The second-order valence-electron chi connectivity index (χ2n) is 6.94. The van der Waals surface area contributed by atoms with Gasteiger partial charge in [-0.05, 0) is 36.8 Å². The quantitative estimate of drug-likeness (QED) is 0.912. The number of hydrogen-bond acceptors (Lipinski definition) is 3. The number of amides is 1. The molecular formula is C20H22FNO3. The van der Waals surface area contributed by atoms with Gasteiger partial charge in [0.2, 0.25) is 0 Å². The lowest BCUT2D eigenvalue weighted by molar-refractivity contribution is -0.0589. The summed E-state index contributed by atoms with van der Waals surface area (Å²) in [6.45, 7) is 1.72. The third-order valence-electron chi connectivity index (χ3n) is 5.52. The van der Waals surface area contributed by atoms with Crippen LogP contribution in [0.1, 0.15) is 29.6 Å². The van der Waals surface area contributed by atoms with Gasteiger partial charge in [0.1, 0.15) is 5.82 Å². The van der Waals surface area contributed by atoms with Crippen molar-refractivity contribution in [3.8, 4) is 0 Å². The van der Waals surface area contributed by atoms with Gasteiger partial charge < -0.3 is 14.7 Å². The van der Waals surface area contributed by atoms with E-state index >= 15 is 0 Å². The summed E-state index contributed by atoms with van der Waals surface area (Å²) in [5, 5.41) is 11.4. The van der Waals surface area contributed by atoms with Gasteiger partial charge in [-0.15, -0.1) is 0 Å². The molecule has 0 saturated carbocycles. The molecule has 2 heterocycles. The Morgan fingerprint density at radius 1 is 1.16 bits per heavy atom. The Morgan fingerprint density at radius 2 is 1.96 bits per heavy atom. The maximum atomic E-state index is 14.1. The van der Waals surface area contributed by atoms with E-state index in [1.807, 2.05) is 11.0 Å².